The first-order valence-corrected chi connectivity index (χ1v) is 5.72. The number of aliphatic hydroxyl groups excluding tert-OH is 1. The minimum atomic E-state index is -3.78. The van der Waals surface area contributed by atoms with Crippen LogP contribution in [0.1, 0.15) is 5.56 Å². The number of halogens is 1. The molecule has 0 unspecified atom stereocenters. The maximum absolute atomic E-state index is 11.1. The lowest BCUT2D eigenvalue weighted by Gasteiger charge is -2.06. The quantitative estimate of drug-likeness (QED) is 0.822. The highest BCUT2D eigenvalue weighted by Gasteiger charge is 2.16. The lowest BCUT2D eigenvalue weighted by atomic mass is 10.2. The Hall–Kier alpha value is -0.430. The van der Waals surface area contributed by atoms with Crippen LogP contribution in [0, 0.1) is 0 Å². The van der Waals surface area contributed by atoms with Gasteiger partial charge in [-0.15, -0.1) is 0 Å². The number of benzene rings is 1. The lowest BCUT2D eigenvalue weighted by molar-refractivity contribution is 0.278. The van der Waals surface area contributed by atoms with Crippen LogP contribution in [-0.2, 0) is 16.6 Å². The minimum Gasteiger partial charge on any atom is -0.392 e. The first kappa shape index (κ1) is 10.6. The molecule has 0 aromatic heterocycles. The zero-order valence-electron chi connectivity index (χ0n) is 6.57. The molecule has 0 heterocycles. The molecule has 0 aliphatic heterocycles. The van der Waals surface area contributed by atoms with E-state index in [2.05, 4.69) is 15.9 Å². The molecule has 0 aliphatic rings. The lowest BCUT2D eigenvalue weighted by Crippen LogP contribution is -2.15. The molecule has 1 rings (SSSR count). The van der Waals surface area contributed by atoms with Crippen molar-refractivity contribution in [3.05, 3.63) is 28.2 Å². The molecule has 0 spiro atoms. The maximum Gasteiger partial charge on any atom is 0.239 e. The normalized spacial score (nSPS) is 11.6. The molecule has 1 aromatic rings. The van der Waals surface area contributed by atoms with E-state index >= 15 is 0 Å². The van der Waals surface area contributed by atoms with Gasteiger partial charge in [0, 0.05) is 4.47 Å². The van der Waals surface area contributed by atoms with Crippen LogP contribution >= 0.6 is 15.9 Å². The second kappa shape index (κ2) is 3.75. The van der Waals surface area contributed by atoms with Crippen molar-refractivity contribution in [1.82, 2.24) is 0 Å². The summed E-state index contributed by atoms with van der Waals surface area (Å²) in [6.07, 6.45) is 0. The highest BCUT2D eigenvalue weighted by Crippen LogP contribution is 2.24. The van der Waals surface area contributed by atoms with Crippen LogP contribution in [0.4, 0.5) is 0 Å². The molecular formula is C7H8BrNO3S. The average Bonchev–Trinajstić information content (AvgIpc) is 2.01. The Kier molecular flexibility index (Phi) is 3.07. The molecule has 0 saturated heterocycles. The molecule has 0 saturated carbocycles. The summed E-state index contributed by atoms with van der Waals surface area (Å²) in [5.74, 6) is 0. The van der Waals surface area contributed by atoms with E-state index in [1.165, 1.54) is 6.07 Å². The van der Waals surface area contributed by atoms with Gasteiger partial charge in [0.15, 0.2) is 0 Å². The molecule has 1 aromatic carbocycles. The van der Waals surface area contributed by atoms with E-state index in [9.17, 15) is 8.42 Å². The number of rotatable bonds is 2. The fourth-order valence-electron chi connectivity index (χ4n) is 0.997. The van der Waals surface area contributed by atoms with Crippen molar-refractivity contribution in [3.63, 3.8) is 0 Å². The molecule has 0 fully saturated rings. The van der Waals surface area contributed by atoms with E-state index in [0.717, 1.165) is 0 Å². The molecule has 0 amide bonds. The standard InChI is InChI=1S/C7H8BrNO3S/c8-6-3-1-2-5(4-10)7(6)13(9,11)12/h1-3,10H,4H2,(H2,9,11,12). The fraction of sp³-hybridized carbons (Fsp3) is 0.143. The summed E-state index contributed by atoms with van der Waals surface area (Å²) in [6.45, 7) is -0.356. The van der Waals surface area contributed by atoms with Gasteiger partial charge in [0.25, 0.3) is 0 Å². The predicted octanol–water partition coefficient (Wildman–Crippen LogP) is 0.589. The Bertz CT molecular complexity index is 416. The van der Waals surface area contributed by atoms with Gasteiger partial charge in [-0.2, -0.15) is 0 Å². The van der Waals surface area contributed by atoms with Crippen LogP contribution in [0.15, 0.2) is 27.6 Å². The zero-order valence-corrected chi connectivity index (χ0v) is 8.97. The van der Waals surface area contributed by atoms with E-state index in [0.29, 0.717) is 4.47 Å². The van der Waals surface area contributed by atoms with Crippen LogP contribution in [0.3, 0.4) is 0 Å². The van der Waals surface area contributed by atoms with Gasteiger partial charge < -0.3 is 5.11 Å². The first-order chi connectivity index (χ1) is 5.96. The molecule has 3 N–H and O–H groups in total. The van der Waals surface area contributed by atoms with Crippen LogP contribution < -0.4 is 5.14 Å². The maximum atomic E-state index is 11.1. The number of sulfonamides is 1. The van der Waals surface area contributed by atoms with E-state index in [-0.39, 0.29) is 17.1 Å². The zero-order chi connectivity index (χ0) is 10.1. The van der Waals surface area contributed by atoms with Crippen molar-refractivity contribution in [1.29, 1.82) is 0 Å². The molecule has 72 valence electrons. The topological polar surface area (TPSA) is 80.4 Å². The monoisotopic (exact) mass is 265 g/mol. The Balaban J connectivity index is 3.50. The second-order valence-electron chi connectivity index (χ2n) is 2.43. The van der Waals surface area contributed by atoms with Gasteiger partial charge in [0.2, 0.25) is 10.0 Å². The second-order valence-corrected chi connectivity index (χ2v) is 4.78. The largest absolute Gasteiger partial charge is 0.392 e. The van der Waals surface area contributed by atoms with Crippen molar-refractivity contribution < 1.29 is 13.5 Å². The predicted molar refractivity (Wildman–Crippen MR) is 51.4 cm³/mol. The third kappa shape index (κ3) is 2.28. The molecular weight excluding hydrogens is 258 g/mol. The molecule has 0 bridgehead atoms. The molecule has 0 radical (unpaired) electrons. The molecule has 0 aliphatic carbocycles. The number of hydrogen-bond donors (Lipinski definition) is 2. The van der Waals surface area contributed by atoms with Crippen LogP contribution in [0.2, 0.25) is 0 Å². The van der Waals surface area contributed by atoms with Crippen molar-refractivity contribution in [3.8, 4) is 0 Å². The SMILES string of the molecule is NS(=O)(=O)c1c(Br)cccc1CO. The van der Waals surface area contributed by atoms with Gasteiger partial charge in [-0.1, -0.05) is 12.1 Å². The summed E-state index contributed by atoms with van der Waals surface area (Å²) >= 11 is 3.05. The van der Waals surface area contributed by atoms with Gasteiger partial charge >= 0.3 is 0 Å². The Morgan fingerprint density at radius 2 is 2.08 bits per heavy atom. The van der Waals surface area contributed by atoms with Gasteiger partial charge in [0.1, 0.15) is 4.90 Å². The Morgan fingerprint density at radius 1 is 1.46 bits per heavy atom. The summed E-state index contributed by atoms with van der Waals surface area (Å²) in [6, 6.07) is 4.69. The van der Waals surface area contributed by atoms with E-state index in [1.54, 1.807) is 12.1 Å². The van der Waals surface area contributed by atoms with Crippen LogP contribution in [-0.4, -0.2) is 13.5 Å². The first-order valence-electron chi connectivity index (χ1n) is 3.38. The van der Waals surface area contributed by atoms with E-state index in [4.69, 9.17) is 10.2 Å². The van der Waals surface area contributed by atoms with Crippen LogP contribution in [0.25, 0.3) is 0 Å². The third-order valence-corrected chi connectivity index (χ3v) is 3.48. The fourth-order valence-corrected chi connectivity index (χ4v) is 2.92. The summed E-state index contributed by atoms with van der Waals surface area (Å²) < 4.78 is 22.5. The summed E-state index contributed by atoms with van der Waals surface area (Å²) in [5.41, 5.74) is 0.289. The average molecular weight is 266 g/mol. The molecule has 0 atom stereocenters. The Labute approximate surface area is 84.6 Å². The molecule has 13 heavy (non-hydrogen) atoms. The van der Waals surface area contributed by atoms with Crippen molar-refractivity contribution in [2.75, 3.05) is 0 Å². The summed E-state index contributed by atoms with van der Waals surface area (Å²) in [4.78, 5) is -0.0579. The summed E-state index contributed by atoms with van der Waals surface area (Å²) in [5, 5.41) is 13.8. The highest BCUT2D eigenvalue weighted by atomic mass is 79.9. The number of primary sulfonamides is 1. The molecule has 6 heteroatoms. The van der Waals surface area contributed by atoms with Gasteiger partial charge in [-0.05, 0) is 27.6 Å². The van der Waals surface area contributed by atoms with Gasteiger partial charge in [-0.25, -0.2) is 13.6 Å². The smallest absolute Gasteiger partial charge is 0.239 e. The Morgan fingerprint density at radius 3 is 2.46 bits per heavy atom. The summed E-state index contributed by atoms with van der Waals surface area (Å²) in [7, 11) is -3.78. The van der Waals surface area contributed by atoms with Gasteiger partial charge in [-0.3, -0.25) is 0 Å². The van der Waals surface area contributed by atoms with Crippen molar-refractivity contribution >= 4 is 26.0 Å². The van der Waals surface area contributed by atoms with Crippen LogP contribution in [0.5, 0.6) is 0 Å². The molecule has 4 nitrogen and oxygen atoms in total. The van der Waals surface area contributed by atoms with Crippen molar-refractivity contribution in [2.45, 2.75) is 11.5 Å². The number of nitrogens with two attached hydrogens (primary N) is 1. The van der Waals surface area contributed by atoms with Crippen molar-refractivity contribution in [2.24, 2.45) is 5.14 Å². The number of aliphatic hydroxyl groups is 1. The highest BCUT2D eigenvalue weighted by molar-refractivity contribution is 9.10. The number of hydrogen-bond acceptors (Lipinski definition) is 3. The third-order valence-electron chi connectivity index (χ3n) is 1.50. The van der Waals surface area contributed by atoms with Gasteiger partial charge in [0.05, 0.1) is 6.61 Å². The van der Waals surface area contributed by atoms with E-state index < -0.39 is 10.0 Å². The van der Waals surface area contributed by atoms with E-state index in [1.807, 2.05) is 0 Å². The minimum absolute atomic E-state index is 0.0579.